The molecule has 1 unspecified atom stereocenters. The fourth-order valence-corrected chi connectivity index (χ4v) is 2.44. The van der Waals surface area contributed by atoms with Crippen LogP contribution in [0.15, 0.2) is 30.3 Å². The number of anilines is 2. The average Bonchev–Trinajstić information content (AvgIpc) is 3.03. The Morgan fingerprint density at radius 1 is 1.33 bits per heavy atom. The predicted octanol–water partition coefficient (Wildman–Crippen LogP) is 2.68. The summed E-state index contributed by atoms with van der Waals surface area (Å²) < 4.78 is 0. The van der Waals surface area contributed by atoms with Gasteiger partial charge < -0.3 is 10.6 Å². The molecule has 0 radical (unpaired) electrons. The van der Waals surface area contributed by atoms with Crippen LogP contribution in [-0.2, 0) is 16.6 Å². The molecule has 1 atom stereocenters. The van der Waals surface area contributed by atoms with E-state index in [0.29, 0.717) is 12.2 Å². The van der Waals surface area contributed by atoms with Crippen LogP contribution in [0, 0.1) is 0 Å². The number of H-pyrrole nitrogens is 1. The number of carbonyl (C=O) groups is 1. The summed E-state index contributed by atoms with van der Waals surface area (Å²) in [6.45, 7) is 6.30. The summed E-state index contributed by atoms with van der Waals surface area (Å²) in [7, 11) is 0. The molecule has 0 aliphatic carbocycles. The van der Waals surface area contributed by atoms with Gasteiger partial charge in [0.05, 0.1) is 0 Å². The zero-order chi connectivity index (χ0) is 15.0. The minimum atomic E-state index is -0.239. The van der Waals surface area contributed by atoms with E-state index in [2.05, 4.69) is 41.6 Å². The highest BCUT2D eigenvalue weighted by Crippen LogP contribution is 2.26. The SMILES string of the molecule is CC(C)(C)c1cc(NC(=O)C2Cc3ccccc3N2)n[nH]1. The molecule has 0 spiro atoms. The largest absolute Gasteiger partial charge is 0.373 e. The van der Waals surface area contributed by atoms with E-state index >= 15 is 0 Å². The first kappa shape index (κ1) is 13.7. The third-order valence-electron chi connectivity index (χ3n) is 3.72. The Bertz CT molecular complexity index is 644. The Balaban J connectivity index is 1.67. The molecule has 1 aliphatic heterocycles. The minimum absolute atomic E-state index is 0.0160. The fraction of sp³-hybridized carbons (Fsp3) is 0.375. The van der Waals surface area contributed by atoms with Gasteiger partial charge in [0.1, 0.15) is 6.04 Å². The smallest absolute Gasteiger partial charge is 0.248 e. The number of para-hydroxylation sites is 1. The van der Waals surface area contributed by atoms with Gasteiger partial charge in [0, 0.05) is 29.3 Å². The molecule has 1 aromatic carbocycles. The standard InChI is InChI=1S/C16H20N4O/c1-16(2,3)13-9-14(20-19-13)18-15(21)12-8-10-6-4-5-7-11(10)17-12/h4-7,9,12,17H,8H2,1-3H3,(H2,18,19,20,21). The quantitative estimate of drug-likeness (QED) is 0.794. The first-order chi connectivity index (χ1) is 9.93. The lowest BCUT2D eigenvalue weighted by atomic mass is 9.92. The topological polar surface area (TPSA) is 69.8 Å². The van der Waals surface area contributed by atoms with Crippen LogP contribution in [0.3, 0.4) is 0 Å². The molecular weight excluding hydrogens is 264 g/mol. The van der Waals surface area contributed by atoms with Crippen LogP contribution in [0.25, 0.3) is 0 Å². The van der Waals surface area contributed by atoms with E-state index in [9.17, 15) is 4.79 Å². The van der Waals surface area contributed by atoms with Gasteiger partial charge in [-0.05, 0) is 11.6 Å². The maximum Gasteiger partial charge on any atom is 0.248 e. The van der Waals surface area contributed by atoms with Gasteiger partial charge in [-0.3, -0.25) is 9.89 Å². The molecule has 0 fully saturated rings. The van der Waals surface area contributed by atoms with Crippen LogP contribution in [0.4, 0.5) is 11.5 Å². The number of nitrogens with one attached hydrogen (secondary N) is 3. The van der Waals surface area contributed by atoms with Crippen molar-refractivity contribution in [1.82, 2.24) is 10.2 Å². The molecule has 0 bridgehead atoms. The number of benzene rings is 1. The third kappa shape index (κ3) is 2.77. The predicted molar refractivity (Wildman–Crippen MR) is 83.5 cm³/mol. The molecule has 1 aliphatic rings. The summed E-state index contributed by atoms with van der Waals surface area (Å²) in [6, 6.07) is 9.65. The van der Waals surface area contributed by atoms with E-state index in [4.69, 9.17) is 0 Å². The Labute approximate surface area is 124 Å². The second-order valence-corrected chi connectivity index (χ2v) is 6.46. The summed E-state index contributed by atoms with van der Waals surface area (Å²) in [6.07, 6.45) is 0.707. The van der Waals surface area contributed by atoms with E-state index in [1.54, 1.807) is 0 Å². The number of carbonyl (C=O) groups excluding carboxylic acids is 1. The number of aromatic nitrogens is 2. The minimum Gasteiger partial charge on any atom is -0.373 e. The van der Waals surface area contributed by atoms with Gasteiger partial charge in [-0.25, -0.2) is 0 Å². The lowest BCUT2D eigenvalue weighted by molar-refractivity contribution is -0.116. The summed E-state index contributed by atoms with van der Waals surface area (Å²) in [4.78, 5) is 12.3. The maximum atomic E-state index is 12.3. The van der Waals surface area contributed by atoms with Crippen LogP contribution in [0.2, 0.25) is 0 Å². The zero-order valence-corrected chi connectivity index (χ0v) is 12.5. The van der Waals surface area contributed by atoms with Crippen molar-refractivity contribution in [2.75, 3.05) is 10.6 Å². The molecule has 2 heterocycles. The molecule has 3 rings (SSSR count). The molecule has 3 N–H and O–H groups in total. The van der Waals surface area contributed by atoms with Gasteiger partial charge in [0.25, 0.3) is 0 Å². The number of hydrogen-bond donors (Lipinski definition) is 3. The third-order valence-corrected chi connectivity index (χ3v) is 3.72. The van der Waals surface area contributed by atoms with Crippen LogP contribution in [0.5, 0.6) is 0 Å². The number of aromatic amines is 1. The highest BCUT2D eigenvalue weighted by Gasteiger charge is 2.27. The van der Waals surface area contributed by atoms with Crippen molar-refractivity contribution in [3.8, 4) is 0 Å². The number of fused-ring (bicyclic) bond motifs is 1. The second kappa shape index (κ2) is 4.91. The molecule has 0 saturated carbocycles. The zero-order valence-electron chi connectivity index (χ0n) is 12.5. The van der Waals surface area contributed by atoms with E-state index in [-0.39, 0.29) is 17.4 Å². The van der Waals surface area contributed by atoms with Crippen molar-refractivity contribution in [3.05, 3.63) is 41.6 Å². The van der Waals surface area contributed by atoms with E-state index in [1.165, 1.54) is 5.56 Å². The lowest BCUT2D eigenvalue weighted by Gasteiger charge is -2.14. The van der Waals surface area contributed by atoms with Crippen molar-refractivity contribution in [3.63, 3.8) is 0 Å². The normalized spacial score (nSPS) is 17.2. The molecular formula is C16H20N4O. The first-order valence-corrected chi connectivity index (χ1v) is 7.15. The lowest BCUT2D eigenvalue weighted by Crippen LogP contribution is -2.32. The van der Waals surface area contributed by atoms with E-state index < -0.39 is 0 Å². The van der Waals surface area contributed by atoms with E-state index in [0.717, 1.165) is 11.4 Å². The van der Waals surface area contributed by atoms with Crippen LogP contribution < -0.4 is 10.6 Å². The van der Waals surface area contributed by atoms with Crippen LogP contribution in [0.1, 0.15) is 32.0 Å². The molecule has 21 heavy (non-hydrogen) atoms. The second-order valence-electron chi connectivity index (χ2n) is 6.46. The van der Waals surface area contributed by atoms with Crippen molar-refractivity contribution in [2.45, 2.75) is 38.6 Å². The summed E-state index contributed by atoms with van der Waals surface area (Å²) in [5, 5.41) is 13.2. The van der Waals surface area contributed by atoms with E-state index in [1.807, 2.05) is 30.3 Å². The van der Waals surface area contributed by atoms with Gasteiger partial charge in [-0.2, -0.15) is 5.10 Å². The van der Waals surface area contributed by atoms with Gasteiger partial charge in [-0.1, -0.05) is 39.0 Å². The Kier molecular flexibility index (Phi) is 3.20. The molecule has 5 heteroatoms. The van der Waals surface area contributed by atoms with Crippen molar-refractivity contribution in [2.24, 2.45) is 0 Å². The Morgan fingerprint density at radius 2 is 2.10 bits per heavy atom. The van der Waals surface area contributed by atoms with Crippen LogP contribution >= 0.6 is 0 Å². The molecule has 0 saturated heterocycles. The fourth-order valence-electron chi connectivity index (χ4n) is 2.44. The highest BCUT2D eigenvalue weighted by molar-refractivity contribution is 5.97. The summed E-state index contributed by atoms with van der Waals surface area (Å²) in [5.41, 5.74) is 3.20. The highest BCUT2D eigenvalue weighted by atomic mass is 16.2. The molecule has 1 aromatic heterocycles. The summed E-state index contributed by atoms with van der Waals surface area (Å²) in [5.74, 6) is 0.515. The van der Waals surface area contributed by atoms with Gasteiger partial charge >= 0.3 is 0 Å². The Hall–Kier alpha value is -2.30. The Morgan fingerprint density at radius 3 is 2.76 bits per heavy atom. The molecule has 1 amide bonds. The molecule has 110 valence electrons. The first-order valence-electron chi connectivity index (χ1n) is 7.15. The van der Waals surface area contributed by atoms with Gasteiger partial charge in [0.15, 0.2) is 5.82 Å². The van der Waals surface area contributed by atoms with Gasteiger partial charge in [0.2, 0.25) is 5.91 Å². The molecule has 5 nitrogen and oxygen atoms in total. The maximum absolute atomic E-state index is 12.3. The van der Waals surface area contributed by atoms with Crippen molar-refractivity contribution in [1.29, 1.82) is 0 Å². The number of rotatable bonds is 2. The molecule has 2 aromatic rings. The van der Waals surface area contributed by atoms with Gasteiger partial charge in [-0.15, -0.1) is 0 Å². The average molecular weight is 284 g/mol. The van der Waals surface area contributed by atoms with Crippen molar-refractivity contribution < 1.29 is 4.79 Å². The van der Waals surface area contributed by atoms with Crippen molar-refractivity contribution >= 4 is 17.4 Å². The number of nitrogens with zero attached hydrogens (tertiary/aromatic N) is 1. The monoisotopic (exact) mass is 284 g/mol. The van der Waals surface area contributed by atoms with Crippen LogP contribution in [-0.4, -0.2) is 22.1 Å². The number of hydrogen-bond acceptors (Lipinski definition) is 3. The number of amides is 1. The summed E-state index contributed by atoms with van der Waals surface area (Å²) >= 11 is 0.